The van der Waals surface area contributed by atoms with Crippen molar-refractivity contribution in [2.75, 3.05) is 18.9 Å². The average Bonchev–Trinajstić information content (AvgIpc) is 2.75. The minimum absolute atomic E-state index is 0.0155. The van der Waals surface area contributed by atoms with Crippen molar-refractivity contribution in [3.8, 4) is 0 Å². The Morgan fingerprint density at radius 1 is 0.800 bits per heavy atom. The number of benzene rings is 3. The molecule has 3 N–H and O–H groups in total. The number of hydrogen-bond acceptors (Lipinski definition) is 3. The molecule has 0 spiro atoms. The lowest BCUT2D eigenvalue weighted by Gasteiger charge is -2.43. The van der Waals surface area contributed by atoms with E-state index in [2.05, 4.69) is 92.8 Å². The Kier molecular flexibility index (Phi) is 7.48. The number of rotatable bonds is 9. The van der Waals surface area contributed by atoms with Crippen molar-refractivity contribution in [1.82, 2.24) is 5.32 Å². The van der Waals surface area contributed by atoms with Crippen molar-refractivity contribution < 1.29 is 4.43 Å². The van der Waals surface area contributed by atoms with Crippen molar-refractivity contribution in [2.24, 2.45) is 0 Å². The van der Waals surface area contributed by atoms with Gasteiger partial charge in [0, 0.05) is 18.8 Å². The van der Waals surface area contributed by atoms with Gasteiger partial charge in [0.1, 0.15) is 0 Å². The third-order valence-electron chi connectivity index (χ3n) is 5.60. The predicted molar refractivity (Wildman–Crippen MR) is 131 cm³/mol. The van der Waals surface area contributed by atoms with Crippen molar-refractivity contribution >= 4 is 24.4 Å². The van der Waals surface area contributed by atoms with Gasteiger partial charge in [0.15, 0.2) is 0 Å². The van der Waals surface area contributed by atoms with Gasteiger partial charge in [-0.15, -0.1) is 0 Å². The van der Waals surface area contributed by atoms with Crippen LogP contribution < -0.4 is 21.4 Å². The molecule has 0 aliphatic rings. The van der Waals surface area contributed by atoms with E-state index in [1.54, 1.807) is 0 Å². The van der Waals surface area contributed by atoms with Crippen LogP contribution in [0.4, 0.5) is 5.69 Å². The minimum Gasteiger partial charge on any atom is -0.407 e. The van der Waals surface area contributed by atoms with E-state index in [1.165, 1.54) is 10.4 Å². The Morgan fingerprint density at radius 3 is 1.87 bits per heavy atom. The van der Waals surface area contributed by atoms with Crippen LogP contribution in [0, 0.1) is 0 Å². The van der Waals surface area contributed by atoms with Crippen LogP contribution in [-0.2, 0) is 11.0 Å². The summed E-state index contributed by atoms with van der Waals surface area (Å²) in [6.45, 7) is 9.35. The summed E-state index contributed by atoms with van der Waals surface area (Å²) < 4.78 is 6.92. The van der Waals surface area contributed by atoms with E-state index in [4.69, 9.17) is 10.2 Å². The summed E-state index contributed by atoms with van der Waals surface area (Å²) in [7, 11) is -2.43. The Bertz CT molecular complexity index is 868. The van der Waals surface area contributed by atoms with E-state index < -0.39 is 8.32 Å². The molecule has 0 bridgehead atoms. The molecular weight excluding hydrogens is 384 g/mol. The van der Waals surface area contributed by atoms with Gasteiger partial charge in [-0.3, -0.25) is 0 Å². The highest BCUT2D eigenvalue weighted by molar-refractivity contribution is 6.99. The summed E-state index contributed by atoms with van der Waals surface area (Å²) in [6.07, 6.45) is 0.956. The lowest BCUT2D eigenvalue weighted by atomic mass is 10.2. The fourth-order valence-corrected chi connectivity index (χ4v) is 8.71. The van der Waals surface area contributed by atoms with Gasteiger partial charge < -0.3 is 15.5 Å². The quantitative estimate of drug-likeness (QED) is 0.309. The molecule has 0 saturated heterocycles. The van der Waals surface area contributed by atoms with E-state index >= 15 is 0 Å². The molecule has 0 aliphatic carbocycles. The lowest BCUT2D eigenvalue weighted by Crippen LogP contribution is -2.66. The molecule has 0 aromatic heterocycles. The molecule has 0 aliphatic heterocycles. The third-order valence-corrected chi connectivity index (χ3v) is 10.6. The van der Waals surface area contributed by atoms with Crippen molar-refractivity contribution in [3.05, 3.63) is 90.5 Å². The van der Waals surface area contributed by atoms with Crippen LogP contribution in [0.1, 0.15) is 32.8 Å². The molecule has 0 heterocycles. The molecule has 3 aromatic carbocycles. The van der Waals surface area contributed by atoms with E-state index in [1.807, 2.05) is 18.2 Å². The zero-order valence-electron chi connectivity index (χ0n) is 18.4. The summed E-state index contributed by atoms with van der Waals surface area (Å²) in [6, 6.07) is 29.6. The third kappa shape index (κ3) is 5.01. The van der Waals surface area contributed by atoms with Crippen molar-refractivity contribution in [1.29, 1.82) is 0 Å². The first-order chi connectivity index (χ1) is 14.4. The van der Waals surface area contributed by atoms with E-state index in [-0.39, 0.29) is 5.04 Å². The standard InChI is InChI=1S/C26H34N2OSi/c1-26(2,3)30(23-14-6-4-7-15-23,24-16-8-5-9-17-24)29-20-12-19-28-21-22-13-10-11-18-25(22)27/h4-11,13-18,28H,12,19-21,27H2,1-3H3. The molecule has 0 amide bonds. The first-order valence-corrected chi connectivity index (χ1v) is 12.6. The molecule has 0 saturated carbocycles. The van der Waals surface area contributed by atoms with Gasteiger partial charge >= 0.3 is 0 Å². The summed E-state index contributed by atoms with van der Waals surface area (Å²) in [5, 5.41) is 6.17. The molecule has 0 unspecified atom stereocenters. The number of nitrogens with two attached hydrogens (primary N) is 1. The maximum atomic E-state index is 6.92. The Labute approximate surface area is 182 Å². The van der Waals surface area contributed by atoms with E-state index in [0.717, 1.165) is 37.4 Å². The normalized spacial score (nSPS) is 12.1. The van der Waals surface area contributed by atoms with Crippen LogP contribution in [-0.4, -0.2) is 21.5 Å². The van der Waals surface area contributed by atoms with E-state index in [9.17, 15) is 0 Å². The van der Waals surface area contributed by atoms with Crippen LogP contribution in [0.5, 0.6) is 0 Å². The second kappa shape index (κ2) is 10.1. The summed E-state index contributed by atoms with van der Waals surface area (Å²) in [5.74, 6) is 0. The molecule has 0 atom stereocenters. The zero-order valence-corrected chi connectivity index (χ0v) is 19.4. The van der Waals surface area contributed by atoms with Gasteiger partial charge in [-0.1, -0.05) is 99.6 Å². The fraction of sp³-hybridized carbons (Fsp3) is 0.308. The number of nitrogen functional groups attached to an aromatic ring is 1. The number of anilines is 1. The second-order valence-corrected chi connectivity index (χ2v) is 13.0. The van der Waals surface area contributed by atoms with Gasteiger partial charge in [-0.05, 0) is 40.0 Å². The van der Waals surface area contributed by atoms with Crippen molar-refractivity contribution in [2.45, 2.75) is 38.8 Å². The van der Waals surface area contributed by atoms with E-state index in [0.29, 0.717) is 0 Å². The molecular formula is C26H34N2OSi. The molecule has 3 aromatic rings. The number of hydrogen-bond donors (Lipinski definition) is 2. The lowest BCUT2D eigenvalue weighted by molar-refractivity contribution is 0.289. The molecule has 30 heavy (non-hydrogen) atoms. The van der Waals surface area contributed by atoms with Crippen LogP contribution >= 0.6 is 0 Å². The molecule has 0 fully saturated rings. The van der Waals surface area contributed by atoms with Gasteiger partial charge in [0.25, 0.3) is 8.32 Å². The van der Waals surface area contributed by atoms with Gasteiger partial charge in [-0.25, -0.2) is 0 Å². The molecule has 158 valence electrons. The topological polar surface area (TPSA) is 47.3 Å². The first kappa shape index (κ1) is 22.3. The monoisotopic (exact) mass is 418 g/mol. The molecule has 4 heteroatoms. The van der Waals surface area contributed by atoms with Crippen LogP contribution in [0.25, 0.3) is 0 Å². The highest BCUT2D eigenvalue weighted by Crippen LogP contribution is 2.36. The maximum Gasteiger partial charge on any atom is 0.261 e. The molecule has 0 radical (unpaired) electrons. The second-order valence-electron chi connectivity index (χ2n) is 8.74. The summed E-state index contributed by atoms with van der Waals surface area (Å²) in [4.78, 5) is 0. The number of nitrogens with one attached hydrogen (secondary N) is 1. The largest absolute Gasteiger partial charge is 0.407 e. The maximum absolute atomic E-state index is 6.92. The van der Waals surface area contributed by atoms with Gasteiger partial charge in [0.2, 0.25) is 0 Å². The highest BCUT2D eigenvalue weighted by Gasteiger charge is 2.49. The smallest absolute Gasteiger partial charge is 0.261 e. The fourth-order valence-electron chi connectivity index (χ4n) is 4.10. The summed E-state index contributed by atoms with van der Waals surface area (Å²) >= 11 is 0. The van der Waals surface area contributed by atoms with Crippen LogP contribution in [0.2, 0.25) is 5.04 Å². The van der Waals surface area contributed by atoms with Crippen LogP contribution in [0.15, 0.2) is 84.9 Å². The number of para-hydroxylation sites is 1. The SMILES string of the molecule is CC(C)(C)[Si](OCCCNCc1ccccc1N)(c1ccccc1)c1ccccc1. The van der Waals surface area contributed by atoms with Crippen molar-refractivity contribution in [3.63, 3.8) is 0 Å². The Balaban J connectivity index is 1.71. The van der Waals surface area contributed by atoms with Gasteiger partial charge in [0.05, 0.1) is 0 Å². The minimum atomic E-state index is -2.43. The summed E-state index contributed by atoms with van der Waals surface area (Å²) in [5.41, 5.74) is 8.02. The highest BCUT2D eigenvalue weighted by atomic mass is 28.4. The van der Waals surface area contributed by atoms with Crippen LogP contribution in [0.3, 0.4) is 0 Å². The first-order valence-electron chi connectivity index (χ1n) is 10.7. The Morgan fingerprint density at radius 2 is 1.33 bits per heavy atom. The predicted octanol–water partition coefficient (Wildman–Crippen LogP) is 4.33. The molecule has 3 nitrogen and oxygen atoms in total. The van der Waals surface area contributed by atoms with Gasteiger partial charge in [-0.2, -0.15) is 0 Å². The molecule has 3 rings (SSSR count). The zero-order chi connectivity index (χ0) is 21.5. The Hall–Kier alpha value is -2.40. The average molecular weight is 419 g/mol.